The van der Waals surface area contributed by atoms with Gasteiger partial charge in [-0.2, -0.15) is 10.1 Å². The highest BCUT2D eigenvalue weighted by atomic mass is 16.5. The van der Waals surface area contributed by atoms with Gasteiger partial charge in [0.25, 0.3) is 0 Å². The highest BCUT2D eigenvalue weighted by Gasteiger charge is 2.21. The Morgan fingerprint density at radius 3 is 2.36 bits per heavy atom. The van der Waals surface area contributed by atoms with E-state index in [9.17, 15) is 0 Å². The van der Waals surface area contributed by atoms with E-state index in [1.807, 2.05) is 18.5 Å². The molecule has 25 heavy (non-hydrogen) atoms. The first-order valence-corrected chi connectivity index (χ1v) is 9.00. The van der Waals surface area contributed by atoms with Gasteiger partial charge < -0.3 is 9.63 Å². The smallest absolute Gasteiger partial charge is 0.226 e. The highest BCUT2D eigenvalue weighted by Crippen LogP contribution is 2.17. The summed E-state index contributed by atoms with van der Waals surface area (Å²) < 4.78 is 7.08. The molecule has 0 bridgehead atoms. The summed E-state index contributed by atoms with van der Waals surface area (Å²) in [5.41, 5.74) is 3.51. The fourth-order valence-corrected chi connectivity index (χ4v) is 3.30. The number of aliphatic hydroxyl groups is 1. The third-order valence-corrected chi connectivity index (χ3v) is 4.87. The molecular weight excluding hydrogens is 320 g/mol. The average Bonchev–Trinajstić information content (AvgIpc) is 3.17. The van der Waals surface area contributed by atoms with Crippen LogP contribution in [0, 0.1) is 13.8 Å². The molecule has 1 aliphatic heterocycles. The van der Waals surface area contributed by atoms with Gasteiger partial charge in [-0.25, -0.2) is 0 Å². The Kier molecular flexibility index (Phi) is 5.82. The third kappa shape index (κ3) is 4.26. The van der Waals surface area contributed by atoms with Crippen LogP contribution in [-0.2, 0) is 26.1 Å². The quantitative estimate of drug-likeness (QED) is 0.791. The number of hydrogen-bond donors (Lipinski definition) is 1. The largest absolute Gasteiger partial charge is 0.394 e. The fraction of sp³-hybridized carbons (Fsp3) is 0.706. The minimum absolute atomic E-state index is 0.121. The number of piperazine rings is 1. The molecule has 138 valence electrons. The van der Waals surface area contributed by atoms with Crippen molar-refractivity contribution in [3.63, 3.8) is 0 Å². The van der Waals surface area contributed by atoms with Crippen molar-refractivity contribution in [2.75, 3.05) is 32.8 Å². The SMILES string of the molecule is CCc1nc(CN2CCN(Cc3c(C)nn(CCO)c3C)CC2)no1. The summed E-state index contributed by atoms with van der Waals surface area (Å²) in [6.07, 6.45) is 0.781. The number of aliphatic hydroxyl groups excluding tert-OH is 1. The zero-order valence-corrected chi connectivity index (χ0v) is 15.4. The molecule has 0 spiro atoms. The van der Waals surface area contributed by atoms with E-state index >= 15 is 0 Å². The van der Waals surface area contributed by atoms with Gasteiger partial charge in [0.05, 0.1) is 25.4 Å². The standard InChI is InChI=1S/C17H28N6O2/c1-4-17-18-16(20-25-17)12-22-7-5-21(6-8-22)11-15-13(2)19-23(9-10-24)14(15)3/h24H,4-12H2,1-3H3. The van der Waals surface area contributed by atoms with Crippen LogP contribution >= 0.6 is 0 Å². The number of aromatic nitrogens is 4. The number of aryl methyl sites for hydroxylation is 2. The third-order valence-electron chi connectivity index (χ3n) is 4.87. The van der Waals surface area contributed by atoms with Gasteiger partial charge in [0.15, 0.2) is 5.82 Å². The molecule has 0 aliphatic carbocycles. The van der Waals surface area contributed by atoms with Crippen LogP contribution in [-0.4, -0.2) is 67.6 Å². The Morgan fingerprint density at radius 1 is 1.08 bits per heavy atom. The molecule has 3 rings (SSSR count). The van der Waals surface area contributed by atoms with Gasteiger partial charge in [-0.1, -0.05) is 12.1 Å². The molecular formula is C17H28N6O2. The number of nitrogens with zero attached hydrogens (tertiary/aromatic N) is 6. The summed E-state index contributed by atoms with van der Waals surface area (Å²) in [7, 11) is 0. The Bertz CT molecular complexity index is 687. The van der Waals surface area contributed by atoms with E-state index in [0.29, 0.717) is 12.4 Å². The Balaban J connectivity index is 1.52. The molecule has 0 radical (unpaired) electrons. The van der Waals surface area contributed by atoms with Crippen molar-refractivity contribution in [1.29, 1.82) is 0 Å². The van der Waals surface area contributed by atoms with E-state index in [4.69, 9.17) is 9.63 Å². The minimum Gasteiger partial charge on any atom is -0.394 e. The molecule has 1 saturated heterocycles. The fourth-order valence-electron chi connectivity index (χ4n) is 3.30. The van der Waals surface area contributed by atoms with Crippen molar-refractivity contribution in [3.8, 4) is 0 Å². The summed E-state index contributed by atoms with van der Waals surface area (Å²) in [6, 6.07) is 0. The van der Waals surface area contributed by atoms with Gasteiger partial charge in [-0.15, -0.1) is 0 Å². The maximum Gasteiger partial charge on any atom is 0.226 e. The molecule has 0 amide bonds. The molecule has 3 heterocycles. The zero-order valence-electron chi connectivity index (χ0n) is 15.4. The van der Waals surface area contributed by atoms with Crippen molar-refractivity contribution in [3.05, 3.63) is 28.7 Å². The lowest BCUT2D eigenvalue weighted by Crippen LogP contribution is -2.45. The second kappa shape index (κ2) is 8.07. The summed E-state index contributed by atoms with van der Waals surface area (Å²) in [5.74, 6) is 1.49. The van der Waals surface area contributed by atoms with E-state index in [0.717, 1.165) is 62.9 Å². The van der Waals surface area contributed by atoms with Crippen LogP contribution < -0.4 is 0 Å². The van der Waals surface area contributed by atoms with Crippen molar-refractivity contribution >= 4 is 0 Å². The normalized spacial score (nSPS) is 16.6. The molecule has 2 aromatic rings. The molecule has 8 heteroatoms. The van der Waals surface area contributed by atoms with Crippen LogP contribution in [0.1, 0.15) is 35.6 Å². The number of rotatable bonds is 7. The van der Waals surface area contributed by atoms with Crippen LogP contribution in [0.15, 0.2) is 4.52 Å². The lowest BCUT2D eigenvalue weighted by molar-refractivity contribution is 0.119. The average molecular weight is 348 g/mol. The number of hydrogen-bond acceptors (Lipinski definition) is 7. The van der Waals surface area contributed by atoms with Crippen LogP contribution in [0.3, 0.4) is 0 Å². The molecule has 0 atom stereocenters. The van der Waals surface area contributed by atoms with Gasteiger partial charge in [0, 0.05) is 50.4 Å². The van der Waals surface area contributed by atoms with Crippen molar-refractivity contribution in [2.45, 2.75) is 46.8 Å². The van der Waals surface area contributed by atoms with Crippen LogP contribution in [0.4, 0.5) is 0 Å². The van der Waals surface area contributed by atoms with E-state index in [1.165, 1.54) is 5.56 Å². The molecule has 0 aromatic carbocycles. The minimum atomic E-state index is 0.121. The topological polar surface area (TPSA) is 83.5 Å². The van der Waals surface area contributed by atoms with Crippen molar-refractivity contribution in [2.24, 2.45) is 0 Å². The first-order chi connectivity index (χ1) is 12.1. The first-order valence-electron chi connectivity index (χ1n) is 9.00. The van der Waals surface area contributed by atoms with E-state index < -0.39 is 0 Å². The monoisotopic (exact) mass is 348 g/mol. The maximum absolute atomic E-state index is 9.14. The Morgan fingerprint density at radius 2 is 1.76 bits per heavy atom. The second-order valence-corrected chi connectivity index (χ2v) is 6.61. The Hall–Kier alpha value is -1.77. The van der Waals surface area contributed by atoms with Gasteiger partial charge >= 0.3 is 0 Å². The van der Waals surface area contributed by atoms with E-state index in [-0.39, 0.29) is 6.61 Å². The lowest BCUT2D eigenvalue weighted by atomic mass is 10.1. The second-order valence-electron chi connectivity index (χ2n) is 6.61. The predicted molar refractivity (Wildman–Crippen MR) is 93.0 cm³/mol. The van der Waals surface area contributed by atoms with Gasteiger partial charge in [-0.05, 0) is 13.8 Å². The highest BCUT2D eigenvalue weighted by molar-refractivity contribution is 5.24. The molecule has 0 unspecified atom stereocenters. The summed E-state index contributed by atoms with van der Waals surface area (Å²) in [6.45, 7) is 12.5. The maximum atomic E-state index is 9.14. The first kappa shape index (κ1) is 18.0. The predicted octanol–water partition coefficient (Wildman–Crippen LogP) is 0.755. The summed E-state index contributed by atoms with van der Waals surface area (Å²) >= 11 is 0. The van der Waals surface area contributed by atoms with Crippen molar-refractivity contribution < 1.29 is 9.63 Å². The van der Waals surface area contributed by atoms with Crippen LogP contribution in [0.2, 0.25) is 0 Å². The summed E-state index contributed by atoms with van der Waals surface area (Å²) in [5, 5.41) is 17.7. The van der Waals surface area contributed by atoms with E-state index in [2.05, 4.69) is 32.0 Å². The zero-order chi connectivity index (χ0) is 17.8. The van der Waals surface area contributed by atoms with Gasteiger partial charge in [0.1, 0.15) is 0 Å². The van der Waals surface area contributed by atoms with Gasteiger partial charge in [-0.3, -0.25) is 14.5 Å². The van der Waals surface area contributed by atoms with Crippen LogP contribution in [0.5, 0.6) is 0 Å². The molecule has 1 N–H and O–H groups in total. The summed E-state index contributed by atoms with van der Waals surface area (Å²) in [4.78, 5) is 9.22. The molecule has 1 aliphatic rings. The van der Waals surface area contributed by atoms with Gasteiger partial charge in [0.2, 0.25) is 5.89 Å². The van der Waals surface area contributed by atoms with E-state index in [1.54, 1.807) is 0 Å². The molecule has 1 fully saturated rings. The van der Waals surface area contributed by atoms with Crippen molar-refractivity contribution in [1.82, 2.24) is 29.7 Å². The van der Waals surface area contributed by atoms with Crippen LogP contribution in [0.25, 0.3) is 0 Å². The molecule has 8 nitrogen and oxygen atoms in total. The lowest BCUT2D eigenvalue weighted by Gasteiger charge is -2.34. The molecule has 0 saturated carbocycles. The Labute approximate surface area is 148 Å². The molecule has 2 aromatic heterocycles.